The number of carboxylic acid groups (broad SMARTS) is 1. The third-order valence-electron chi connectivity index (χ3n) is 4.56. The van der Waals surface area contributed by atoms with Crippen molar-refractivity contribution in [3.63, 3.8) is 0 Å². The molecule has 0 unspecified atom stereocenters. The highest BCUT2D eigenvalue weighted by molar-refractivity contribution is 9.10. The van der Waals surface area contributed by atoms with Gasteiger partial charge in [0.1, 0.15) is 12.4 Å². The van der Waals surface area contributed by atoms with Crippen LogP contribution in [0.3, 0.4) is 0 Å². The molecule has 0 spiro atoms. The van der Waals surface area contributed by atoms with E-state index in [-0.39, 0.29) is 12.2 Å². The fourth-order valence-corrected chi connectivity index (χ4v) is 3.36. The zero-order valence-electron chi connectivity index (χ0n) is 16.8. The Morgan fingerprint density at radius 3 is 2.31 bits per heavy atom. The van der Waals surface area contributed by atoms with Crippen molar-refractivity contribution in [2.75, 3.05) is 0 Å². The third kappa shape index (κ3) is 5.45. The Kier molecular flexibility index (Phi) is 6.70. The molecule has 150 valence electrons. The minimum Gasteiger partial charge on any atom is -0.487 e. The van der Waals surface area contributed by atoms with Gasteiger partial charge < -0.3 is 9.84 Å². The summed E-state index contributed by atoms with van der Waals surface area (Å²) in [6.45, 7) is 6.37. The summed E-state index contributed by atoms with van der Waals surface area (Å²) in [6.07, 6.45) is 0.753. The monoisotopic (exact) mass is 453 g/mol. The van der Waals surface area contributed by atoms with Crippen LogP contribution in [0, 0.1) is 12.8 Å². The molecule has 29 heavy (non-hydrogen) atoms. The van der Waals surface area contributed by atoms with Gasteiger partial charge in [-0.15, -0.1) is 0 Å². The lowest BCUT2D eigenvalue weighted by molar-refractivity contribution is 0.0693. The Labute approximate surface area is 179 Å². The van der Waals surface area contributed by atoms with Crippen molar-refractivity contribution in [2.45, 2.75) is 33.8 Å². The van der Waals surface area contributed by atoms with E-state index in [0.29, 0.717) is 17.4 Å². The smallest absolute Gasteiger partial charge is 0.337 e. The Bertz CT molecular complexity index is 996. The number of ether oxygens (including phenoxy) is 1. The molecule has 4 nitrogen and oxygen atoms in total. The van der Waals surface area contributed by atoms with Crippen LogP contribution in [-0.4, -0.2) is 16.1 Å². The average molecular weight is 454 g/mol. The molecule has 0 saturated carbocycles. The SMILES string of the molecule is Cc1ccc(OCc2nc(CC(C)C)c(-c3ccc(Br)cc3)cc2C(=O)O)cc1. The fraction of sp³-hybridized carbons (Fsp3) is 0.250. The molecule has 1 aromatic heterocycles. The number of halogens is 1. The van der Waals surface area contributed by atoms with Crippen LogP contribution in [0.25, 0.3) is 11.1 Å². The van der Waals surface area contributed by atoms with Gasteiger partial charge in [0.05, 0.1) is 11.3 Å². The van der Waals surface area contributed by atoms with Crippen LogP contribution in [0.4, 0.5) is 0 Å². The van der Waals surface area contributed by atoms with Crippen LogP contribution >= 0.6 is 15.9 Å². The van der Waals surface area contributed by atoms with Crippen molar-refractivity contribution >= 4 is 21.9 Å². The minimum absolute atomic E-state index is 0.108. The first-order valence-corrected chi connectivity index (χ1v) is 10.3. The molecule has 2 aromatic carbocycles. The van der Waals surface area contributed by atoms with Gasteiger partial charge in [-0.2, -0.15) is 0 Å². The van der Waals surface area contributed by atoms with Crippen molar-refractivity contribution in [1.29, 1.82) is 0 Å². The van der Waals surface area contributed by atoms with Crippen LogP contribution < -0.4 is 4.74 Å². The summed E-state index contributed by atoms with van der Waals surface area (Å²) in [5, 5.41) is 9.78. The number of aromatic nitrogens is 1. The van der Waals surface area contributed by atoms with Gasteiger partial charge in [0.2, 0.25) is 0 Å². The Balaban J connectivity index is 2.01. The van der Waals surface area contributed by atoms with Crippen molar-refractivity contribution < 1.29 is 14.6 Å². The summed E-state index contributed by atoms with van der Waals surface area (Å²) < 4.78 is 6.80. The molecule has 5 heteroatoms. The number of carbonyl (C=O) groups is 1. The second-order valence-corrected chi connectivity index (χ2v) is 8.40. The number of pyridine rings is 1. The molecule has 0 atom stereocenters. The second-order valence-electron chi connectivity index (χ2n) is 7.49. The molecule has 0 aliphatic carbocycles. The van der Waals surface area contributed by atoms with Gasteiger partial charge in [-0.3, -0.25) is 4.98 Å². The van der Waals surface area contributed by atoms with E-state index >= 15 is 0 Å². The third-order valence-corrected chi connectivity index (χ3v) is 5.09. The molecule has 0 saturated heterocycles. The predicted molar refractivity (Wildman–Crippen MR) is 118 cm³/mol. The van der Waals surface area contributed by atoms with Gasteiger partial charge in [0, 0.05) is 15.7 Å². The molecular weight excluding hydrogens is 430 g/mol. The van der Waals surface area contributed by atoms with E-state index in [1.54, 1.807) is 6.07 Å². The number of aryl methyl sites for hydroxylation is 1. The maximum absolute atomic E-state index is 11.9. The van der Waals surface area contributed by atoms with E-state index < -0.39 is 5.97 Å². The van der Waals surface area contributed by atoms with Gasteiger partial charge in [0.15, 0.2) is 0 Å². The number of carboxylic acids is 1. The molecule has 0 fully saturated rings. The Morgan fingerprint density at radius 2 is 1.72 bits per heavy atom. The second kappa shape index (κ2) is 9.23. The minimum atomic E-state index is -1.01. The molecule has 0 amide bonds. The number of aromatic carboxylic acids is 1. The molecular formula is C24H24BrNO3. The molecule has 0 bridgehead atoms. The van der Waals surface area contributed by atoms with E-state index in [2.05, 4.69) is 29.8 Å². The van der Waals surface area contributed by atoms with E-state index in [1.165, 1.54) is 0 Å². The number of rotatable bonds is 7. The first kappa shape index (κ1) is 21.1. The number of hydrogen-bond acceptors (Lipinski definition) is 3. The normalized spacial score (nSPS) is 10.9. The lowest BCUT2D eigenvalue weighted by atomic mass is 9.95. The maximum Gasteiger partial charge on any atom is 0.337 e. The van der Waals surface area contributed by atoms with Gasteiger partial charge >= 0.3 is 5.97 Å². The Morgan fingerprint density at radius 1 is 1.07 bits per heavy atom. The lowest BCUT2D eigenvalue weighted by Crippen LogP contribution is -2.12. The summed E-state index contributed by atoms with van der Waals surface area (Å²) in [7, 11) is 0. The zero-order chi connectivity index (χ0) is 21.0. The quantitative estimate of drug-likeness (QED) is 0.456. The fourth-order valence-electron chi connectivity index (χ4n) is 3.10. The summed E-state index contributed by atoms with van der Waals surface area (Å²) in [6, 6.07) is 17.2. The van der Waals surface area contributed by atoms with Gasteiger partial charge in [-0.25, -0.2) is 4.79 Å². The molecule has 0 radical (unpaired) electrons. The maximum atomic E-state index is 11.9. The summed E-state index contributed by atoms with van der Waals surface area (Å²) in [4.78, 5) is 16.7. The number of hydrogen-bond donors (Lipinski definition) is 1. The highest BCUT2D eigenvalue weighted by atomic mass is 79.9. The summed E-state index contributed by atoms with van der Waals surface area (Å²) in [5.74, 6) is 0.0730. The van der Waals surface area contributed by atoms with Gasteiger partial charge in [0.25, 0.3) is 0 Å². The first-order valence-electron chi connectivity index (χ1n) is 9.55. The van der Waals surface area contributed by atoms with Crippen molar-refractivity contribution in [3.05, 3.63) is 81.6 Å². The Hall–Kier alpha value is -2.66. The predicted octanol–water partition coefficient (Wildman–Crippen LogP) is 6.30. The van der Waals surface area contributed by atoms with E-state index in [0.717, 1.165) is 33.3 Å². The lowest BCUT2D eigenvalue weighted by Gasteiger charge is -2.16. The topological polar surface area (TPSA) is 59.4 Å². The summed E-state index contributed by atoms with van der Waals surface area (Å²) in [5.41, 5.74) is 4.43. The molecule has 0 aliphatic heterocycles. The van der Waals surface area contributed by atoms with Crippen molar-refractivity contribution in [3.8, 4) is 16.9 Å². The summed E-state index contributed by atoms with van der Waals surface area (Å²) >= 11 is 3.45. The molecule has 3 rings (SSSR count). The largest absolute Gasteiger partial charge is 0.487 e. The molecule has 1 N–H and O–H groups in total. The van der Waals surface area contributed by atoms with Crippen LogP contribution in [0.2, 0.25) is 0 Å². The average Bonchev–Trinajstić information content (AvgIpc) is 2.67. The van der Waals surface area contributed by atoms with Crippen LogP contribution in [-0.2, 0) is 13.0 Å². The standard InChI is InChI=1S/C24H24BrNO3/c1-15(2)12-22-20(17-6-8-18(25)9-7-17)13-21(24(27)28)23(26-22)14-29-19-10-4-16(3)5-11-19/h4-11,13,15H,12,14H2,1-3H3,(H,27,28). The van der Waals surface area contributed by atoms with E-state index in [4.69, 9.17) is 9.72 Å². The van der Waals surface area contributed by atoms with Crippen molar-refractivity contribution in [2.24, 2.45) is 5.92 Å². The molecule has 0 aliphatic rings. The van der Waals surface area contributed by atoms with Gasteiger partial charge in [-0.05, 0) is 55.2 Å². The highest BCUT2D eigenvalue weighted by Crippen LogP contribution is 2.29. The zero-order valence-corrected chi connectivity index (χ0v) is 18.4. The number of nitrogens with zero attached hydrogens (tertiary/aromatic N) is 1. The van der Waals surface area contributed by atoms with Crippen molar-refractivity contribution in [1.82, 2.24) is 4.98 Å². The van der Waals surface area contributed by atoms with Gasteiger partial charge in [-0.1, -0.05) is 59.6 Å². The van der Waals surface area contributed by atoms with Crippen LogP contribution in [0.5, 0.6) is 5.75 Å². The van der Waals surface area contributed by atoms with Crippen LogP contribution in [0.1, 0.15) is 41.2 Å². The number of benzene rings is 2. The van der Waals surface area contributed by atoms with E-state index in [9.17, 15) is 9.90 Å². The van der Waals surface area contributed by atoms with E-state index in [1.807, 2.05) is 55.5 Å². The van der Waals surface area contributed by atoms with Crippen LogP contribution in [0.15, 0.2) is 59.1 Å². The molecule has 3 aromatic rings. The molecule has 1 heterocycles. The highest BCUT2D eigenvalue weighted by Gasteiger charge is 2.19. The first-order chi connectivity index (χ1) is 13.8.